The second kappa shape index (κ2) is 4.70. The van der Waals surface area contributed by atoms with Crippen molar-refractivity contribution in [3.05, 3.63) is 29.8 Å². The highest BCUT2D eigenvalue weighted by Gasteiger charge is 2.10. The van der Waals surface area contributed by atoms with Gasteiger partial charge in [-0.3, -0.25) is 4.99 Å². The molecule has 15 heavy (non-hydrogen) atoms. The minimum absolute atomic E-state index is 0.637. The van der Waals surface area contributed by atoms with E-state index in [0.717, 1.165) is 18.5 Å². The van der Waals surface area contributed by atoms with E-state index in [9.17, 15) is 0 Å². The van der Waals surface area contributed by atoms with Crippen LogP contribution in [0.1, 0.15) is 12.0 Å². The molecule has 0 fully saturated rings. The first-order chi connectivity index (χ1) is 7.42. The number of para-hydroxylation sites is 1. The van der Waals surface area contributed by atoms with Crippen LogP contribution in [0.4, 0.5) is 0 Å². The van der Waals surface area contributed by atoms with Gasteiger partial charge < -0.3 is 4.89 Å². The molecular weight excluding hydrogens is 192 g/mol. The summed E-state index contributed by atoms with van der Waals surface area (Å²) in [4.78, 5) is 18.2. The Bertz CT molecular complexity index is 399. The van der Waals surface area contributed by atoms with Gasteiger partial charge in [0.15, 0.2) is 11.6 Å². The zero-order chi connectivity index (χ0) is 10.5. The van der Waals surface area contributed by atoms with Gasteiger partial charge in [-0.25, -0.2) is 4.99 Å². The minimum atomic E-state index is 0.637. The minimum Gasteiger partial charge on any atom is -0.337 e. The summed E-state index contributed by atoms with van der Waals surface area (Å²) >= 11 is 0. The summed E-state index contributed by atoms with van der Waals surface area (Å²) in [6.45, 7) is 0.778. The third-order valence-corrected chi connectivity index (χ3v) is 2.03. The van der Waals surface area contributed by atoms with Gasteiger partial charge in [-0.2, -0.15) is 4.89 Å². The van der Waals surface area contributed by atoms with E-state index in [0.29, 0.717) is 11.6 Å². The molecule has 0 atom stereocenters. The average Bonchev–Trinajstić information content (AvgIpc) is 2.31. The summed E-state index contributed by atoms with van der Waals surface area (Å²) in [5.74, 6) is 1.34. The molecule has 0 amide bonds. The molecule has 0 bridgehead atoms. The maximum absolute atomic E-state index is 5.04. The van der Waals surface area contributed by atoms with Gasteiger partial charge in [-0.1, -0.05) is 12.1 Å². The second-order valence-corrected chi connectivity index (χ2v) is 3.05. The van der Waals surface area contributed by atoms with Gasteiger partial charge in [-0.15, -0.1) is 0 Å². The number of hydrogen-bond donors (Lipinski definition) is 0. The Hall–Kier alpha value is -1.68. The smallest absolute Gasteiger partial charge is 0.176 e. The molecule has 1 aromatic carbocycles. The van der Waals surface area contributed by atoms with Crippen molar-refractivity contribution in [2.75, 3.05) is 13.7 Å². The Morgan fingerprint density at radius 3 is 2.87 bits per heavy atom. The zero-order valence-electron chi connectivity index (χ0n) is 8.51. The van der Waals surface area contributed by atoms with Crippen molar-refractivity contribution >= 4 is 12.1 Å². The average molecular weight is 204 g/mol. The van der Waals surface area contributed by atoms with Crippen molar-refractivity contribution in [3.8, 4) is 5.75 Å². The molecule has 0 saturated carbocycles. The van der Waals surface area contributed by atoms with Crippen molar-refractivity contribution in [1.82, 2.24) is 0 Å². The summed E-state index contributed by atoms with van der Waals surface area (Å²) in [7, 11) is 1.47. The van der Waals surface area contributed by atoms with Crippen molar-refractivity contribution in [1.29, 1.82) is 0 Å². The topological polar surface area (TPSA) is 43.2 Å². The highest BCUT2D eigenvalue weighted by molar-refractivity contribution is 6.05. The van der Waals surface area contributed by atoms with Gasteiger partial charge >= 0.3 is 0 Å². The zero-order valence-corrected chi connectivity index (χ0v) is 8.51. The third kappa shape index (κ3) is 2.22. The monoisotopic (exact) mass is 204 g/mol. The molecule has 1 aliphatic rings. The first-order valence-corrected chi connectivity index (χ1v) is 4.79. The van der Waals surface area contributed by atoms with E-state index in [4.69, 9.17) is 4.89 Å². The molecule has 4 nitrogen and oxygen atoms in total. The van der Waals surface area contributed by atoms with Crippen molar-refractivity contribution in [2.24, 2.45) is 9.98 Å². The van der Waals surface area contributed by atoms with Gasteiger partial charge in [0.05, 0.1) is 12.7 Å². The standard InChI is InChI=1S/C11H12N2O2/c1-14-15-10-6-3-2-5-9(10)11-12-7-4-8-13-11/h2-3,5-7H,4,8H2,1H3. The van der Waals surface area contributed by atoms with Gasteiger partial charge in [0, 0.05) is 19.2 Å². The van der Waals surface area contributed by atoms with E-state index >= 15 is 0 Å². The van der Waals surface area contributed by atoms with E-state index in [1.54, 1.807) is 0 Å². The fraction of sp³-hybridized carbons (Fsp3) is 0.273. The van der Waals surface area contributed by atoms with Crippen molar-refractivity contribution in [2.45, 2.75) is 6.42 Å². The van der Waals surface area contributed by atoms with Crippen LogP contribution in [0.5, 0.6) is 5.75 Å². The lowest BCUT2D eigenvalue weighted by Gasteiger charge is -2.09. The molecule has 0 unspecified atom stereocenters. The highest BCUT2D eigenvalue weighted by atomic mass is 17.2. The van der Waals surface area contributed by atoms with Crippen LogP contribution in [-0.2, 0) is 4.89 Å². The molecule has 0 radical (unpaired) electrons. The molecule has 0 saturated heterocycles. The molecule has 1 aromatic rings. The Morgan fingerprint density at radius 2 is 2.13 bits per heavy atom. The molecule has 0 aromatic heterocycles. The molecular formula is C11H12N2O2. The Labute approximate surface area is 88.2 Å². The summed E-state index contributed by atoms with van der Waals surface area (Å²) in [5.41, 5.74) is 0.857. The number of rotatable bonds is 3. The molecule has 1 heterocycles. The molecule has 0 aliphatic carbocycles. The summed E-state index contributed by atoms with van der Waals surface area (Å²) in [6.07, 6.45) is 2.77. The van der Waals surface area contributed by atoms with Crippen LogP contribution < -0.4 is 4.89 Å². The third-order valence-electron chi connectivity index (χ3n) is 2.03. The fourth-order valence-corrected chi connectivity index (χ4v) is 1.39. The summed E-state index contributed by atoms with van der Waals surface area (Å²) in [6, 6.07) is 7.54. The van der Waals surface area contributed by atoms with E-state index in [-0.39, 0.29) is 0 Å². The van der Waals surface area contributed by atoms with Crippen LogP contribution in [-0.4, -0.2) is 25.7 Å². The van der Waals surface area contributed by atoms with E-state index in [1.807, 2.05) is 30.5 Å². The van der Waals surface area contributed by atoms with Gasteiger partial charge in [0.2, 0.25) is 0 Å². The lowest BCUT2D eigenvalue weighted by molar-refractivity contribution is -0.178. The van der Waals surface area contributed by atoms with Crippen LogP contribution >= 0.6 is 0 Å². The summed E-state index contributed by atoms with van der Waals surface area (Å²) in [5, 5.41) is 0. The Balaban J connectivity index is 2.34. The molecule has 78 valence electrons. The number of amidine groups is 1. The van der Waals surface area contributed by atoms with Crippen LogP contribution in [0.25, 0.3) is 0 Å². The van der Waals surface area contributed by atoms with Crippen molar-refractivity contribution < 1.29 is 9.78 Å². The van der Waals surface area contributed by atoms with E-state index in [2.05, 4.69) is 14.9 Å². The predicted octanol–water partition coefficient (Wildman–Crippen LogP) is 1.85. The van der Waals surface area contributed by atoms with Crippen LogP contribution in [0.3, 0.4) is 0 Å². The van der Waals surface area contributed by atoms with Crippen molar-refractivity contribution in [3.63, 3.8) is 0 Å². The molecule has 4 heteroatoms. The second-order valence-electron chi connectivity index (χ2n) is 3.05. The number of aliphatic imine (C=N–C) groups is 2. The van der Waals surface area contributed by atoms with Crippen LogP contribution in [0, 0.1) is 0 Å². The Morgan fingerprint density at radius 1 is 1.27 bits per heavy atom. The van der Waals surface area contributed by atoms with Crippen LogP contribution in [0.2, 0.25) is 0 Å². The van der Waals surface area contributed by atoms with Gasteiger partial charge in [0.1, 0.15) is 0 Å². The number of benzene rings is 1. The van der Waals surface area contributed by atoms with Gasteiger partial charge in [-0.05, 0) is 12.1 Å². The molecule has 0 N–H and O–H groups in total. The first-order valence-electron chi connectivity index (χ1n) is 4.79. The maximum Gasteiger partial charge on any atom is 0.176 e. The number of hydrogen-bond acceptors (Lipinski definition) is 4. The number of nitrogens with zero attached hydrogens (tertiary/aromatic N) is 2. The van der Waals surface area contributed by atoms with E-state index < -0.39 is 0 Å². The largest absolute Gasteiger partial charge is 0.337 e. The van der Waals surface area contributed by atoms with E-state index in [1.165, 1.54) is 7.11 Å². The lowest BCUT2D eigenvalue weighted by Crippen LogP contribution is -2.07. The van der Waals surface area contributed by atoms with Crippen LogP contribution in [0.15, 0.2) is 34.3 Å². The maximum atomic E-state index is 5.04. The predicted molar refractivity (Wildman–Crippen MR) is 58.6 cm³/mol. The SMILES string of the molecule is COOc1ccccc1C1=NCCC=N1. The lowest BCUT2D eigenvalue weighted by atomic mass is 10.2. The molecule has 0 spiro atoms. The highest BCUT2D eigenvalue weighted by Crippen LogP contribution is 2.20. The molecule has 2 rings (SSSR count). The van der Waals surface area contributed by atoms with Gasteiger partial charge in [0.25, 0.3) is 0 Å². The quantitative estimate of drug-likeness (QED) is 0.557. The molecule has 1 aliphatic heterocycles. The Kier molecular flexibility index (Phi) is 3.09. The summed E-state index contributed by atoms with van der Waals surface area (Å²) < 4.78 is 0. The fourth-order valence-electron chi connectivity index (χ4n) is 1.39. The first kappa shape index (κ1) is 9.86. The normalized spacial score (nSPS) is 14.9.